The Kier molecular flexibility index (Phi) is 1.02. The van der Waals surface area contributed by atoms with Gasteiger partial charge in [-0.05, 0) is 12.8 Å². The number of hydrogen-bond acceptors (Lipinski definition) is 0. The topological polar surface area (TPSA) is 19.9 Å². The van der Waals surface area contributed by atoms with Gasteiger partial charge >= 0.3 is 0 Å². The molecule has 35 valence electrons. The molecule has 1 rings (SSSR count). The van der Waals surface area contributed by atoms with Crippen LogP contribution in [-0.4, -0.2) is 11.5 Å². The van der Waals surface area contributed by atoms with Crippen molar-refractivity contribution in [3.63, 3.8) is 0 Å². The summed E-state index contributed by atoms with van der Waals surface area (Å²) < 4.78 is 0. The lowest BCUT2D eigenvalue weighted by molar-refractivity contribution is 0.0299. The molecule has 0 bridgehead atoms. The first-order valence-electron chi connectivity index (χ1n) is 2.10. The first kappa shape index (κ1) is 4.41. The summed E-state index contributed by atoms with van der Waals surface area (Å²) in [6.07, 6.45) is 1.26. The highest BCUT2D eigenvalue weighted by Gasteiger charge is 2.27. The second-order valence-electron chi connectivity index (χ2n) is 1.63. The molecule has 2 unspecified atom stereocenters. The van der Waals surface area contributed by atoms with Gasteiger partial charge in [-0.25, -0.2) is 5.11 Å². The average Bonchev–Trinajstić information content (AvgIpc) is 1.61. The minimum atomic E-state index is -0.452. The van der Waals surface area contributed by atoms with E-state index in [1.807, 2.05) is 0 Å². The van der Waals surface area contributed by atoms with Crippen molar-refractivity contribution in [2.75, 3.05) is 0 Å². The maximum absolute atomic E-state index is 10.2. The zero-order valence-electron chi connectivity index (χ0n) is 3.36. The molecule has 6 heavy (non-hydrogen) atoms. The van der Waals surface area contributed by atoms with Crippen molar-refractivity contribution < 1.29 is 5.11 Å². The van der Waals surface area contributed by atoms with Gasteiger partial charge in [-0.2, -0.15) is 0 Å². The molecule has 2 atom stereocenters. The summed E-state index contributed by atoms with van der Waals surface area (Å²) in [4.78, 5) is 0. The van der Waals surface area contributed by atoms with E-state index < -0.39 is 6.10 Å². The van der Waals surface area contributed by atoms with Gasteiger partial charge in [0.05, 0.1) is 5.38 Å². The predicted molar refractivity (Wildman–Crippen MR) is 23.3 cm³/mol. The molecule has 0 N–H and O–H groups in total. The molecule has 1 aliphatic carbocycles. The molecule has 0 aliphatic heterocycles. The molecule has 1 radical (unpaired) electrons. The number of hydrogen-bond donors (Lipinski definition) is 0. The fraction of sp³-hybridized carbons (Fsp3) is 1.00. The molecule has 2 heteroatoms. The van der Waals surface area contributed by atoms with Gasteiger partial charge in [-0.15, -0.1) is 11.6 Å². The van der Waals surface area contributed by atoms with E-state index in [9.17, 15) is 5.11 Å². The van der Waals surface area contributed by atoms with Crippen molar-refractivity contribution in [2.45, 2.75) is 24.3 Å². The zero-order chi connectivity index (χ0) is 4.57. The number of rotatable bonds is 0. The predicted octanol–water partition coefficient (Wildman–Crippen LogP) is 1.19. The lowest BCUT2D eigenvalue weighted by atomic mass is 9.96. The van der Waals surface area contributed by atoms with Crippen molar-refractivity contribution in [1.82, 2.24) is 0 Å². The third kappa shape index (κ3) is 0.525. The second-order valence-corrected chi connectivity index (χ2v) is 2.19. The van der Waals surface area contributed by atoms with Crippen LogP contribution in [0.5, 0.6) is 0 Å². The van der Waals surface area contributed by atoms with Gasteiger partial charge in [0.1, 0.15) is 6.10 Å². The maximum atomic E-state index is 10.2. The van der Waals surface area contributed by atoms with E-state index in [1.165, 1.54) is 0 Å². The molecule has 0 spiro atoms. The molecule has 0 aromatic rings. The first-order valence-corrected chi connectivity index (χ1v) is 2.54. The van der Waals surface area contributed by atoms with Crippen LogP contribution in [0.1, 0.15) is 12.8 Å². The van der Waals surface area contributed by atoms with Gasteiger partial charge in [-0.3, -0.25) is 0 Å². The van der Waals surface area contributed by atoms with Crippen molar-refractivity contribution in [3.8, 4) is 0 Å². The monoisotopic (exact) mass is 105 g/mol. The van der Waals surface area contributed by atoms with E-state index in [-0.39, 0.29) is 5.38 Å². The van der Waals surface area contributed by atoms with Crippen LogP contribution >= 0.6 is 11.6 Å². The minimum Gasteiger partial charge on any atom is -0.231 e. The molecule has 0 aromatic heterocycles. The van der Waals surface area contributed by atoms with Gasteiger partial charge in [0.2, 0.25) is 0 Å². The number of halogens is 1. The summed E-state index contributed by atoms with van der Waals surface area (Å²) >= 11 is 5.39. The fourth-order valence-electron chi connectivity index (χ4n) is 0.429. The lowest BCUT2D eigenvalue weighted by Crippen LogP contribution is -2.30. The van der Waals surface area contributed by atoms with Gasteiger partial charge in [-0.1, -0.05) is 0 Å². The van der Waals surface area contributed by atoms with E-state index in [2.05, 4.69) is 0 Å². The Balaban J connectivity index is 2.20. The Morgan fingerprint density at radius 3 is 2.00 bits per heavy atom. The second kappa shape index (κ2) is 1.39. The molecule has 1 saturated carbocycles. The smallest absolute Gasteiger partial charge is 0.109 e. The average molecular weight is 106 g/mol. The third-order valence-corrected chi connectivity index (χ3v) is 1.63. The summed E-state index contributed by atoms with van der Waals surface area (Å²) in [5.74, 6) is 0. The molecule has 0 amide bonds. The molecular weight excluding hydrogens is 99.5 g/mol. The minimum absolute atomic E-state index is 0.0509. The Morgan fingerprint density at radius 1 is 1.50 bits per heavy atom. The van der Waals surface area contributed by atoms with Crippen molar-refractivity contribution in [1.29, 1.82) is 0 Å². The highest BCUT2D eigenvalue weighted by molar-refractivity contribution is 6.21. The summed E-state index contributed by atoms with van der Waals surface area (Å²) in [6.45, 7) is 0. The van der Waals surface area contributed by atoms with Crippen LogP contribution in [0.4, 0.5) is 0 Å². The first-order chi connectivity index (χ1) is 2.80. The van der Waals surface area contributed by atoms with E-state index in [0.29, 0.717) is 0 Å². The molecule has 1 nitrogen and oxygen atoms in total. The summed E-state index contributed by atoms with van der Waals surface area (Å²) in [6, 6.07) is 0. The van der Waals surface area contributed by atoms with Crippen LogP contribution < -0.4 is 0 Å². The molecule has 0 aromatic carbocycles. The van der Waals surface area contributed by atoms with Crippen molar-refractivity contribution >= 4 is 11.6 Å². The van der Waals surface area contributed by atoms with Gasteiger partial charge in [0.25, 0.3) is 0 Å². The van der Waals surface area contributed by atoms with Gasteiger partial charge in [0.15, 0.2) is 0 Å². The zero-order valence-corrected chi connectivity index (χ0v) is 4.11. The van der Waals surface area contributed by atoms with Crippen molar-refractivity contribution in [3.05, 3.63) is 0 Å². The third-order valence-electron chi connectivity index (χ3n) is 1.13. The summed E-state index contributed by atoms with van der Waals surface area (Å²) in [5, 5.41) is 10.1. The van der Waals surface area contributed by atoms with E-state index in [4.69, 9.17) is 11.6 Å². The Hall–Kier alpha value is 0.250. The maximum Gasteiger partial charge on any atom is 0.109 e. The lowest BCUT2D eigenvalue weighted by Gasteiger charge is -2.23. The van der Waals surface area contributed by atoms with Crippen LogP contribution in [0.25, 0.3) is 0 Å². The van der Waals surface area contributed by atoms with Gasteiger partial charge < -0.3 is 0 Å². The molecule has 1 fully saturated rings. The molecule has 0 heterocycles. The van der Waals surface area contributed by atoms with Crippen LogP contribution in [0.3, 0.4) is 0 Å². The quantitative estimate of drug-likeness (QED) is 0.413. The Labute approximate surface area is 41.9 Å². The van der Waals surface area contributed by atoms with Crippen LogP contribution in [0.15, 0.2) is 0 Å². The molecule has 1 aliphatic rings. The SMILES string of the molecule is [O]C1CCC1Cl. The highest BCUT2D eigenvalue weighted by atomic mass is 35.5. The Morgan fingerprint density at radius 2 is 2.00 bits per heavy atom. The Bertz CT molecular complexity index is 47.5. The normalized spacial score (nSPS) is 45.0. The summed E-state index contributed by atoms with van der Waals surface area (Å²) in [5.41, 5.74) is 0. The summed E-state index contributed by atoms with van der Waals surface area (Å²) in [7, 11) is 0. The molecular formula is C4H6ClO. The largest absolute Gasteiger partial charge is 0.231 e. The van der Waals surface area contributed by atoms with Crippen molar-refractivity contribution in [2.24, 2.45) is 0 Å². The van der Waals surface area contributed by atoms with E-state index in [0.717, 1.165) is 12.8 Å². The van der Waals surface area contributed by atoms with Crippen LogP contribution in [0, 0.1) is 0 Å². The van der Waals surface area contributed by atoms with E-state index >= 15 is 0 Å². The van der Waals surface area contributed by atoms with Crippen LogP contribution in [-0.2, 0) is 5.11 Å². The fourth-order valence-corrected chi connectivity index (χ4v) is 0.681. The highest BCUT2D eigenvalue weighted by Crippen LogP contribution is 2.25. The number of alkyl halides is 1. The van der Waals surface area contributed by atoms with E-state index in [1.54, 1.807) is 0 Å². The van der Waals surface area contributed by atoms with Gasteiger partial charge in [0, 0.05) is 0 Å². The standard InChI is InChI=1S/C4H6ClO/c5-3-1-2-4(3)6/h3-4H,1-2H2. The van der Waals surface area contributed by atoms with Crippen LogP contribution in [0.2, 0.25) is 0 Å². The molecule has 0 saturated heterocycles.